The molecule has 7 nitrogen and oxygen atoms in total. The van der Waals surface area contributed by atoms with Crippen molar-refractivity contribution in [2.45, 2.75) is 66.4 Å². The van der Waals surface area contributed by atoms with E-state index in [4.69, 9.17) is 23.7 Å². The van der Waals surface area contributed by atoms with Crippen molar-refractivity contribution < 1.29 is 33.3 Å². The number of methoxy groups -OCH3 is 2. The first kappa shape index (κ1) is 39.2. The van der Waals surface area contributed by atoms with Gasteiger partial charge >= 0.3 is 11.9 Å². The molecule has 0 heterocycles. The lowest BCUT2D eigenvalue weighted by Gasteiger charge is -2.18. The van der Waals surface area contributed by atoms with Crippen LogP contribution in [-0.2, 0) is 22.5 Å². The van der Waals surface area contributed by atoms with Crippen LogP contribution in [0.5, 0.6) is 23.0 Å². The molecule has 0 unspecified atom stereocenters. The molecule has 4 aromatic rings. The van der Waals surface area contributed by atoms with Crippen LogP contribution in [0.3, 0.4) is 0 Å². The van der Waals surface area contributed by atoms with Gasteiger partial charge in [-0.15, -0.1) is 0 Å². The number of esters is 2. The highest BCUT2D eigenvalue weighted by atomic mass is 16.5. The van der Waals surface area contributed by atoms with Crippen molar-refractivity contribution in [2.24, 2.45) is 0 Å². The van der Waals surface area contributed by atoms with Crippen molar-refractivity contribution in [3.63, 3.8) is 0 Å². The molecule has 4 rings (SSSR count). The fourth-order valence-electron chi connectivity index (χ4n) is 5.56. The Balaban J connectivity index is 1.51. The molecule has 0 spiro atoms. The van der Waals surface area contributed by atoms with Crippen LogP contribution in [0.1, 0.15) is 90.8 Å². The zero-order valence-corrected chi connectivity index (χ0v) is 31.2. The van der Waals surface area contributed by atoms with E-state index in [0.717, 1.165) is 49.0 Å². The summed E-state index contributed by atoms with van der Waals surface area (Å²) in [5, 5.41) is 0. The lowest BCUT2D eigenvalue weighted by Crippen LogP contribution is -2.15. The Morgan fingerprint density at radius 3 is 2.04 bits per heavy atom. The van der Waals surface area contributed by atoms with Gasteiger partial charge in [0.1, 0.15) is 30.3 Å². The Morgan fingerprint density at radius 2 is 1.31 bits per heavy atom. The summed E-state index contributed by atoms with van der Waals surface area (Å²) in [5.74, 6) is 0.346. The van der Waals surface area contributed by atoms with Gasteiger partial charge in [0.15, 0.2) is 11.5 Å². The van der Waals surface area contributed by atoms with Gasteiger partial charge in [-0.05, 0) is 106 Å². The van der Waals surface area contributed by atoms with E-state index in [1.807, 2.05) is 66.7 Å². The summed E-state index contributed by atoms with van der Waals surface area (Å²) in [7, 11) is 2.51. The SMILES string of the molecule is COC(=O)c1ccc(OCC=C(C)CCC=C(C)CCC=C(C)C)c(OCc2cccc(Oc3ccccc3Cc3ccccc3)c2)c1C(=O)OC. The Bertz CT molecular complexity index is 1880. The molecular weight excluding hydrogens is 652 g/mol. The highest BCUT2D eigenvalue weighted by Gasteiger charge is 2.27. The van der Waals surface area contributed by atoms with Crippen LogP contribution in [0.25, 0.3) is 0 Å². The zero-order chi connectivity index (χ0) is 37.3. The van der Waals surface area contributed by atoms with E-state index in [1.165, 1.54) is 42.6 Å². The highest BCUT2D eigenvalue weighted by molar-refractivity contribution is 6.05. The third-order valence-corrected chi connectivity index (χ3v) is 8.43. The van der Waals surface area contributed by atoms with E-state index in [0.29, 0.717) is 11.5 Å². The van der Waals surface area contributed by atoms with E-state index in [-0.39, 0.29) is 30.1 Å². The standard InChI is InChI=1S/C45H50O7/c1-32(2)15-12-16-33(3)17-13-18-34(4)27-28-50-41-26-25-39(44(46)48-5)42(45(47)49-6)43(41)51-31-36-21-14-23-38(30-36)52-40-24-11-10-22-37(40)29-35-19-8-7-9-20-35/h7-11,14-15,17,19-27,30H,12-13,16,18,28-29,31H2,1-6H3. The molecule has 0 saturated carbocycles. The van der Waals surface area contributed by atoms with Crippen LogP contribution in [-0.4, -0.2) is 32.8 Å². The molecular formula is C45H50O7. The molecule has 0 aliphatic carbocycles. The van der Waals surface area contributed by atoms with E-state index in [9.17, 15) is 9.59 Å². The van der Waals surface area contributed by atoms with Crippen LogP contribution in [0, 0.1) is 0 Å². The highest BCUT2D eigenvalue weighted by Crippen LogP contribution is 2.36. The Labute approximate surface area is 308 Å². The fraction of sp³-hybridized carbons (Fsp3) is 0.289. The van der Waals surface area contributed by atoms with Crippen LogP contribution < -0.4 is 14.2 Å². The first-order chi connectivity index (χ1) is 25.2. The third-order valence-electron chi connectivity index (χ3n) is 8.43. The number of carbonyl (C=O) groups excluding carboxylic acids is 2. The van der Waals surface area contributed by atoms with E-state index in [1.54, 1.807) is 6.07 Å². The molecule has 4 aromatic carbocycles. The average Bonchev–Trinajstić information content (AvgIpc) is 3.14. The van der Waals surface area contributed by atoms with Gasteiger partial charge in [-0.1, -0.05) is 89.5 Å². The molecule has 0 radical (unpaired) electrons. The summed E-state index contributed by atoms with van der Waals surface area (Å²) in [6, 6.07) is 28.8. The summed E-state index contributed by atoms with van der Waals surface area (Å²) in [5.41, 5.74) is 6.88. The monoisotopic (exact) mass is 702 g/mol. The van der Waals surface area contributed by atoms with Gasteiger partial charge < -0.3 is 23.7 Å². The maximum atomic E-state index is 13.1. The van der Waals surface area contributed by atoms with Crippen molar-refractivity contribution in [1.29, 1.82) is 0 Å². The summed E-state index contributed by atoms with van der Waals surface area (Å²) < 4.78 is 28.9. The number of hydrogen-bond donors (Lipinski definition) is 0. The van der Waals surface area contributed by atoms with E-state index < -0.39 is 11.9 Å². The number of ether oxygens (including phenoxy) is 5. The maximum Gasteiger partial charge on any atom is 0.342 e. The quantitative estimate of drug-likeness (QED) is 0.0754. The van der Waals surface area contributed by atoms with Gasteiger partial charge in [-0.3, -0.25) is 0 Å². The average molecular weight is 703 g/mol. The minimum Gasteiger partial charge on any atom is -0.486 e. The van der Waals surface area contributed by atoms with Gasteiger partial charge in [0.2, 0.25) is 0 Å². The Hall–Kier alpha value is -5.56. The summed E-state index contributed by atoms with van der Waals surface area (Å²) in [6.07, 6.45) is 11.3. The number of hydrogen-bond acceptors (Lipinski definition) is 7. The van der Waals surface area contributed by atoms with Gasteiger partial charge in [-0.2, -0.15) is 0 Å². The predicted molar refractivity (Wildman–Crippen MR) is 207 cm³/mol. The molecule has 52 heavy (non-hydrogen) atoms. The molecule has 272 valence electrons. The maximum absolute atomic E-state index is 13.1. The first-order valence-electron chi connectivity index (χ1n) is 17.6. The number of allylic oxidation sites excluding steroid dienone is 5. The van der Waals surface area contributed by atoms with Crippen molar-refractivity contribution in [1.82, 2.24) is 0 Å². The molecule has 0 fully saturated rings. The molecule has 0 amide bonds. The van der Waals surface area contributed by atoms with Gasteiger partial charge in [-0.25, -0.2) is 9.59 Å². The predicted octanol–water partition coefficient (Wildman–Crippen LogP) is 11.0. The normalized spacial score (nSPS) is 11.4. The van der Waals surface area contributed by atoms with Crippen molar-refractivity contribution in [3.8, 4) is 23.0 Å². The molecule has 7 heteroatoms. The van der Waals surface area contributed by atoms with Crippen molar-refractivity contribution in [3.05, 3.63) is 154 Å². The third kappa shape index (κ3) is 12.0. The number of benzene rings is 4. The largest absolute Gasteiger partial charge is 0.486 e. The fourth-order valence-corrected chi connectivity index (χ4v) is 5.56. The Morgan fingerprint density at radius 1 is 0.635 bits per heavy atom. The number of para-hydroxylation sites is 1. The van der Waals surface area contributed by atoms with E-state index in [2.05, 4.69) is 58.0 Å². The van der Waals surface area contributed by atoms with Gasteiger partial charge in [0.25, 0.3) is 0 Å². The lowest BCUT2D eigenvalue weighted by molar-refractivity contribution is 0.0550. The minimum absolute atomic E-state index is 0.0160. The van der Waals surface area contributed by atoms with Crippen molar-refractivity contribution in [2.75, 3.05) is 20.8 Å². The lowest BCUT2D eigenvalue weighted by atomic mass is 10.0. The number of rotatable bonds is 18. The van der Waals surface area contributed by atoms with Crippen LogP contribution >= 0.6 is 0 Å². The minimum atomic E-state index is -0.744. The van der Waals surface area contributed by atoms with Crippen molar-refractivity contribution >= 4 is 11.9 Å². The molecule has 0 N–H and O–H groups in total. The number of carbonyl (C=O) groups is 2. The zero-order valence-electron chi connectivity index (χ0n) is 31.2. The topological polar surface area (TPSA) is 80.3 Å². The summed E-state index contributed by atoms with van der Waals surface area (Å²) in [6.45, 7) is 8.80. The second kappa shape index (κ2) is 20.3. The second-order valence-corrected chi connectivity index (χ2v) is 12.9. The molecule has 0 aromatic heterocycles. The summed E-state index contributed by atoms with van der Waals surface area (Å²) >= 11 is 0. The van der Waals surface area contributed by atoms with E-state index >= 15 is 0 Å². The first-order valence-corrected chi connectivity index (χ1v) is 17.6. The molecule has 0 atom stereocenters. The second-order valence-electron chi connectivity index (χ2n) is 12.9. The van der Waals surface area contributed by atoms with Crippen LogP contribution in [0.4, 0.5) is 0 Å². The smallest absolute Gasteiger partial charge is 0.342 e. The van der Waals surface area contributed by atoms with Gasteiger partial charge in [0.05, 0.1) is 19.8 Å². The van der Waals surface area contributed by atoms with Crippen LogP contribution in [0.2, 0.25) is 0 Å². The molecule has 0 bridgehead atoms. The summed E-state index contributed by atoms with van der Waals surface area (Å²) in [4.78, 5) is 25.8. The molecule has 0 aliphatic heterocycles. The molecule has 0 saturated heterocycles. The van der Waals surface area contributed by atoms with Gasteiger partial charge in [0, 0.05) is 6.42 Å². The Kier molecular flexibility index (Phi) is 15.3. The van der Waals surface area contributed by atoms with Crippen LogP contribution in [0.15, 0.2) is 126 Å². The molecule has 0 aliphatic rings.